The number of aromatic nitrogens is 1. The predicted molar refractivity (Wildman–Crippen MR) is 133 cm³/mol. The average molecular weight is 470 g/mol. The molecule has 1 aromatic heterocycles. The zero-order valence-corrected chi connectivity index (χ0v) is 20.4. The van der Waals surface area contributed by atoms with E-state index in [-0.39, 0.29) is 12.0 Å². The molecule has 184 valence electrons. The second-order valence-corrected chi connectivity index (χ2v) is 9.48. The summed E-state index contributed by atoms with van der Waals surface area (Å²) >= 11 is 0. The van der Waals surface area contributed by atoms with Crippen molar-refractivity contribution in [2.24, 2.45) is 5.92 Å². The Kier molecular flexibility index (Phi) is 8.20. The van der Waals surface area contributed by atoms with Crippen molar-refractivity contribution in [3.8, 4) is 11.5 Å². The van der Waals surface area contributed by atoms with Gasteiger partial charge in [0, 0.05) is 44.9 Å². The molecule has 9 nitrogen and oxygen atoms in total. The zero-order valence-electron chi connectivity index (χ0n) is 20.4. The van der Waals surface area contributed by atoms with Gasteiger partial charge in [0.05, 0.1) is 11.4 Å². The lowest BCUT2D eigenvalue weighted by Gasteiger charge is -2.33. The fourth-order valence-corrected chi connectivity index (χ4v) is 3.78. The highest BCUT2D eigenvalue weighted by molar-refractivity contribution is 5.89. The summed E-state index contributed by atoms with van der Waals surface area (Å²) in [6.07, 6.45) is 4.21. The largest absolute Gasteiger partial charge is 0.457 e. The van der Waals surface area contributed by atoms with Crippen LogP contribution >= 0.6 is 0 Å². The second kappa shape index (κ2) is 11.1. The lowest BCUT2D eigenvalue weighted by atomic mass is 9.92. The highest BCUT2D eigenvalue weighted by Gasteiger charge is 2.27. The molecule has 0 unspecified atom stereocenters. The number of anilines is 3. The van der Waals surface area contributed by atoms with Gasteiger partial charge in [-0.2, -0.15) is 0 Å². The van der Waals surface area contributed by atoms with Crippen molar-refractivity contribution in [1.29, 1.82) is 0 Å². The number of rotatable bonds is 7. The maximum atomic E-state index is 12.5. The molecule has 0 atom stereocenters. The quantitative estimate of drug-likeness (QED) is 0.495. The van der Waals surface area contributed by atoms with Crippen LogP contribution in [0.15, 0.2) is 36.5 Å². The second-order valence-electron chi connectivity index (χ2n) is 9.48. The summed E-state index contributed by atoms with van der Waals surface area (Å²) in [7, 11) is 1.80. The molecular weight excluding hydrogens is 434 g/mol. The zero-order chi connectivity index (χ0) is 24.7. The lowest BCUT2D eigenvalue weighted by Crippen LogP contribution is -2.41. The van der Waals surface area contributed by atoms with Crippen molar-refractivity contribution in [3.63, 3.8) is 0 Å². The number of likely N-dealkylation sites (tertiary alicyclic amines) is 1. The van der Waals surface area contributed by atoms with Crippen LogP contribution in [0, 0.1) is 5.92 Å². The number of nitrogens with two attached hydrogens (primary N) is 1. The third-order valence-electron chi connectivity index (χ3n) is 5.57. The van der Waals surface area contributed by atoms with E-state index in [0.717, 1.165) is 24.9 Å². The van der Waals surface area contributed by atoms with Crippen LogP contribution in [0.3, 0.4) is 0 Å². The highest BCUT2D eigenvalue weighted by atomic mass is 16.6. The summed E-state index contributed by atoms with van der Waals surface area (Å²) in [6.45, 7) is 6.91. The van der Waals surface area contributed by atoms with E-state index in [2.05, 4.69) is 15.6 Å². The Bertz CT molecular complexity index is 997. The number of carbonyl (C=O) groups excluding carboxylic acids is 2. The molecule has 0 radical (unpaired) electrons. The Morgan fingerprint density at radius 2 is 1.85 bits per heavy atom. The average Bonchev–Trinajstić information content (AvgIpc) is 2.77. The van der Waals surface area contributed by atoms with Crippen molar-refractivity contribution in [3.05, 3.63) is 36.5 Å². The third kappa shape index (κ3) is 7.54. The molecule has 3 rings (SSSR count). The smallest absolute Gasteiger partial charge is 0.410 e. The van der Waals surface area contributed by atoms with Crippen LogP contribution in [0.25, 0.3) is 0 Å². The van der Waals surface area contributed by atoms with Gasteiger partial charge in [0.2, 0.25) is 5.91 Å². The molecule has 0 aliphatic carbocycles. The highest BCUT2D eigenvalue weighted by Crippen LogP contribution is 2.29. The van der Waals surface area contributed by atoms with Gasteiger partial charge >= 0.3 is 6.09 Å². The molecule has 2 aromatic rings. The molecule has 0 spiro atoms. The molecule has 1 fully saturated rings. The Balaban J connectivity index is 1.44. The molecule has 2 amide bonds. The lowest BCUT2D eigenvalue weighted by molar-refractivity contribution is -0.116. The first-order valence-corrected chi connectivity index (χ1v) is 11.6. The van der Waals surface area contributed by atoms with Crippen LogP contribution in [-0.4, -0.2) is 47.6 Å². The molecule has 1 saturated heterocycles. The van der Waals surface area contributed by atoms with Crippen LogP contribution in [0.4, 0.5) is 22.0 Å². The van der Waals surface area contributed by atoms with Gasteiger partial charge in [0.25, 0.3) is 0 Å². The summed E-state index contributed by atoms with van der Waals surface area (Å²) in [5.41, 5.74) is 6.90. The Morgan fingerprint density at radius 1 is 1.15 bits per heavy atom. The number of piperidine rings is 1. The monoisotopic (exact) mass is 469 g/mol. The van der Waals surface area contributed by atoms with Crippen LogP contribution in [0.2, 0.25) is 0 Å². The SMILES string of the molecule is CNc1ccc(Oc2ccnc(NC(=O)CCC3CCN(C(=O)OC(C)(C)C)CC3)c2)cc1N. The van der Waals surface area contributed by atoms with Crippen molar-refractivity contribution in [2.45, 2.75) is 52.1 Å². The number of pyridine rings is 1. The van der Waals surface area contributed by atoms with Gasteiger partial charge in [-0.1, -0.05) is 0 Å². The van der Waals surface area contributed by atoms with Crippen molar-refractivity contribution >= 4 is 29.2 Å². The summed E-state index contributed by atoms with van der Waals surface area (Å²) in [6, 6.07) is 8.79. The van der Waals surface area contributed by atoms with Crippen LogP contribution < -0.4 is 21.1 Å². The van der Waals surface area contributed by atoms with Gasteiger partial charge in [-0.25, -0.2) is 9.78 Å². The predicted octanol–water partition coefficient (Wildman–Crippen LogP) is 4.86. The number of amides is 2. The third-order valence-corrected chi connectivity index (χ3v) is 5.57. The van der Waals surface area contributed by atoms with Gasteiger partial charge < -0.3 is 30.7 Å². The van der Waals surface area contributed by atoms with Crippen molar-refractivity contribution in [1.82, 2.24) is 9.88 Å². The van der Waals surface area contributed by atoms with E-state index < -0.39 is 5.60 Å². The topological polar surface area (TPSA) is 119 Å². The molecule has 9 heteroatoms. The Labute approximate surface area is 201 Å². The van der Waals surface area contributed by atoms with Crippen LogP contribution in [-0.2, 0) is 9.53 Å². The maximum Gasteiger partial charge on any atom is 0.410 e. The molecule has 34 heavy (non-hydrogen) atoms. The van der Waals surface area contributed by atoms with E-state index >= 15 is 0 Å². The number of ether oxygens (including phenoxy) is 2. The minimum Gasteiger partial charge on any atom is -0.457 e. The van der Waals surface area contributed by atoms with E-state index in [1.165, 1.54) is 0 Å². The first-order valence-electron chi connectivity index (χ1n) is 11.6. The number of nitrogens with zero attached hydrogens (tertiary/aromatic N) is 2. The minimum absolute atomic E-state index is 0.0955. The molecule has 0 saturated carbocycles. The van der Waals surface area contributed by atoms with E-state index in [4.69, 9.17) is 15.2 Å². The summed E-state index contributed by atoms with van der Waals surface area (Å²) in [4.78, 5) is 30.6. The number of hydrogen-bond donors (Lipinski definition) is 3. The Hall–Kier alpha value is -3.49. The van der Waals surface area contributed by atoms with E-state index in [1.54, 1.807) is 36.3 Å². The van der Waals surface area contributed by atoms with Gasteiger partial charge in [0.1, 0.15) is 22.9 Å². The van der Waals surface area contributed by atoms with E-state index in [1.807, 2.05) is 32.9 Å². The van der Waals surface area contributed by atoms with Gasteiger partial charge in [-0.15, -0.1) is 0 Å². The molecule has 0 bridgehead atoms. The number of carbonyl (C=O) groups is 2. The van der Waals surface area contributed by atoms with Gasteiger partial charge in [0.15, 0.2) is 0 Å². The van der Waals surface area contributed by atoms with Crippen LogP contribution in [0.1, 0.15) is 46.5 Å². The molecule has 4 N–H and O–H groups in total. The molecule has 1 aromatic carbocycles. The fourth-order valence-electron chi connectivity index (χ4n) is 3.78. The standard InChI is InChI=1S/C25H35N5O4/c1-25(2,3)34-24(32)30-13-10-17(11-14-30)5-8-23(31)29-22-16-19(9-12-28-22)33-18-6-7-21(27-4)20(26)15-18/h6-7,9,12,15-17,27H,5,8,10-11,13-14,26H2,1-4H3,(H,28,29,31). The number of nitrogens with one attached hydrogen (secondary N) is 2. The molecule has 1 aliphatic heterocycles. The van der Waals surface area contributed by atoms with E-state index in [0.29, 0.717) is 48.4 Å². The molecule has 1 aliphatic rings. The van der Waals surface area contributed by atoms with Gasteiger partial charge in [-0.05, 0) is 64.2 Å². The van der Waals surface area contributed by atoms with Crippen molar-refractivity contribution in [2.75, 3.05) is 36.5 Å². The first kappa shape index (κ1) is 25.1. The summed E-state index contributed by atoms with van der Waals surface area (Å²) in [5, 5.41) is 5.85. The van der Waals surface area contributed by atoms with Crippen LogP contribution in [0.5, 0.6) is 11.5 Å². The van der Waals surface area contributed by atoms with E-state index in [9.17, 15) is 9.59 Å². The fraction of sp³-hybridized carbons (Fsp3) is 0.480. The summed E-state index contributed by atoms with van der Waals surface area (Å²) in [5.74, 6) is 1.89. The molecule has 2 heterocycles. The minimum atomic E-state index is -0.493. The number of benzene rings is 1. The molecular formula is C25H35N5O4. The van der Waals surface area contributed by atoms with Crippen molar-refractivity contribution < 1.29 is 19.1 Å². The normalized spacial score (nSPS) is 14.4. The maximum absolute atomic E-state index is 12.5. The number of hydrogen-bond acceptors (Lipinski definition) is 7. The summed E-state index contributed by atoms with van der Waals surface area (Å²) < 4.78 is 11.3. The first-order chi connectivity index (χ1) is 16.1. The van der Waals surface area contributed by atoms with Gasteiger partial charge in [-0.3, -0.25) is 4.79 Å². The Morgan fingerprint density at radius 3 is 2.50 bits per heavy atom. The number of nitrogen functional groups attached to an aromatic ring is 1.